The third kappa shape index (κ3) is 34.6. The molecule has 0 saturated carbocycles. The van der Waals surface area contributed by atoms with Crippen molar-refractivity contribution in [1.82, 2.24) is 5.32 Å². The van der Waals surface area contributed by atoms with E-state index >= 15 is 0 Å². The van der Waals surface area contributed by atoms with Crippen molar-refractivity contribution in [3.05, 3.63) is 60.8 Å². The average Bonchev–Trinajstić information content (AvgIpc) is 3.13. The molecule has 3 N–H and O–H groups in total. The summed E-state index contributed by atoms with van der Waals surface area (Å²) < 4.78 is 5.83. The molecule has 1 amide bonds. The van der Waals surface area contributed by atoms with Crippen LogP contribution in [-0.4, -0.2) is 46.9 Å². The fraction of sp³-hybridized carbons (Fsp3) is 0.739. The third-order valence-corrected chi connectivity index (χ3v) is 9.41. The molecular formula is C46H81NO5. The van der Waals surface area contributed by atoms with Gasteiger partial charge in [0.15, 0.2) is 0 Å². The van der Waals surface area contributed by atoms with Crippen LogP contribution in [0.1, 0.15) is 194 Å². The second-order valence-electron chi connectivity index (χ2n) is 14.4. The number of carbonyl (C=O) groups excluding carboxylic acids is 2. The molecule has 300 valence electrons. The fourth-order valence-electron chi connectivity index (χ4n) is 6.15. The number of carbonyl (C=O) groups is 2. The van der Waals surface area contributed by atoms with Gasteiger partial charge in [-0.1, -0.05) is 184 Å². The summed E-state index contributed by atoms with van der Waals surface area (Å²) >= 11 is 0. The standard InChI is InChI=1S/C46H81NO5/c1-4-7-10-13-16-19-22-24-26-29-32-35-38-44(49)43(41-48)47-45(50)40-42(37-34-31-28-25-23-20-17-14-11-8-5-2)52-46(51)39-36-33-30-27-21-18-15-12-9-6-3/h8,11-12,14-15,17,20,23,25,28,42-44,48-49H,4-7,9-10,13,16,18-19,21-22,24,26-27,29-41H2,1-3H3,(H,47,50)/b11-8+,15-12-,17-14+,23-20-,28-25-. The van der Waals surface area contributed by atoms with Gasteiger partial charge in [0.1, 0.15) is 6.10 Å². The normalized spacial score (nSPS) is 14.0. The predicted molar refractivity (Wildman–Crippen MR) is 222 cm³/mol. The number of ether oxygens (including phenoxy) is 1. The second-order valence-corrected chi connectivity index (χ2v) is 14.4. The van der Waals surface area contributed by atoms with Gasteiger partial charge in [-0.25, -0.2) is 0 Å². The number of hydrogen-bond donors (Lipinski definition) is 3. The summed E-state index contributed by atoms with van der Waals surface area (Å²) in [5.41, 5.74) is 0. The molecule has 3 unspecified atom stereocenters. The maximum atomic E-state index is 13.1. The Morgan fingerprint density at radius 3 is 1.73 bits per heavy atom. The molecule has 0 spiro atoms. The maximum absolute atomic E-state index is 13.1. The molecule has 0 bridgehead atoms. The van der Waals surface area contributed by atoms with Crippen molar-refractivity contribution < 1.29 is 24.5 Å². The highest BCUT2D eigenvalue weighted by Gasteiger charge is 2.23. The molecule has 3 atom stereocenters. The zero-order chi connectivity index (χ0) is 38.2. The van der Waals surface area contributed by atoms with Gasteiger partial charge in [0, 0.05) is 6.42 Å². The number of hydrogen-bond acceptors (Lipinski definition) is 5. The zero-order valence-corrected chi connectivity index (χ0v) is 33.9. The van der Waals surface area contributed by atoms with Gasteiger partial charge in [0.2, 0.25) is 5.91 Å². The topological polar surface area (TPSA) is 95.9 Å². The maximum Gasteiger partial charge on any atom is 0.306 e. The lowest BCUT2D eigenvalue weighted by Gasteiger charge is -2.24. The monoisotopic (exact) mass is 728 g/mol. The number of aliphatic hydroxyl groups excluding tert-OH is 2. The van der Waals surface area contributed by atoms with E-state index in [0.29, 0.717) is 19.3 Å². The van der Waals surface area contributed by atoms with E-state index in [1.807, 2.05) is 36.5 Å². The SMILES string of the molecule is CC/C=C/C=C/C=C\C=C/CCCC(CC(=O)NC(CO)C(O)CCCCCCCCCCCCCC)OC(=O)CCCCCCC/C=C\CCC. The van der Waals surface area contributed by atoms with Crippen molar-refractivity contribution in [2.75, 3.05) is 6.61 Å². The summed E-state index contributed by atoms with van der Waals surface area (Å²) in [5, 5.41) is 23.5. The summed E-state index contributed by atoms with van der Waals surface area (Å²) in [6, 6.07) is -0.722. The molecule has 6 heteroatoms. The number of rotatable bonds is 37. The fourth-order valence-corrected chi connectivity index (χ4v) is 6.15. The number of unbranched alkanes of at least 4 members (excludes halogenated alkanes) is 18. The van der Waals surface area contributed by atoms with Gasteiger partial charge in [-0.05, 0) is 57.8 Å². The lowest BCUT2D eigenvalue weighted by molar-refractivity contribution is -0.151. The van der Waals surface area contributed by atoms with Crippen LogP contribution in [0.3, 0.4) is 0 Å². The molecule has 52 heavy (non-hydrogen) atoms. The van der Waals surface area contributed by atoms with E-state index in [1.165, 1.54) is 77.0 Å². The van der Waals surface area contributed by atoms with E-state index in [9.17, 15) is 19.8 Å². The summed E-state index contributed by atoms with van der Waals surface area (Å²) in [6.45, 7) is 6.23. The van der Waals surface area contributed by atoms with E-state index < -0.39 is 18.2 Å². The first kappa shape index (κ1) is 49.6. The van der Waals surface area contributed by atoms with E-state index in [1.54, 1.807) is 0 Å². The molecule has 0 heterocycles. The number of esters is 1. The molecule has 0 aliphatic rings. The molecule has 0 aliphatic carbocycles. The smallest absolute Gasteiger partial charge is 0.306 e. The summed E-state index contributed by atoms with van der Waals surface area (Å²) in [5.74, 6) is -0.561. The highest BCUT2D eigenvalue weighted by molar-refractivity contribution is 5.77. The summed E-state index contributed by atoms with van der Waals surface area (Å²) in [6.07, 6.45) is 47.2. The molecule has 0 saturated heterocycles. The number of amides is 1. The minimum absolute atomic E-state index is 0.0266. The Morgan fingerprint density at radius 2 is 1.12 bits per heavy atom. The Bertz CT molecular complexity index is 952. The highest BCUT2D eigenvalue weighted by Crippen LogP contribution is 2.16. The lowest BCUT2D eigenvalue weighted by atomic mass is 10.0. The minimum Gasteiger partial charge on any atom is -0.462 e. The van der Waals surface area contributed by atoms with Crippen LogP contribution in [0.15, 0.2) is 60.8 Å². The van der Waals surface area contributed by atoms with Crippen LogP contribution in [0.2, 0.25) is 0 Å². The first-order valence-electron chi connectivity index (χ1n) is 21.6. The first-order chi connectivity index (χ1) is 25.5. The van der Waals surface area contributed by atoms with Crippen molar-refractivity contribution in [2.45, 2.75) is 212 Å². The Morgan fingerprint density at radius 1 is 0.577 bits per heavy atom. The van der Waals surface area contributed by atoms with Crippen LogP contribution >= 0.6 is 0 Å². The Balaban J connectivity index is 4.69. The Labute approximate surface area is 320 Å². The van der Waals surface area contributed by atoms with Crippen molar-refractivity contribution in [1.29, 1.82) is 0 Å². The van der Waals surface area contributed by atoms with Crippen LogP contribution in [0.25, 0.3) is 0 Å². The molecule has 0 aromatic heterocycles. The van der Waals surface area contributed by atoms with Crippen LogP contribution in [-0.2, 0) is 14.3 Å². The third-order valence-electron chi connectivity index (χ3n) is 9.41. The molecule has 0 radical (unpaired) electrons. The molecule has 0 aliphatic heterocycles. The average molecular weight is 728 g/mol. The lowest BCUT2D eigenvalue weighted by Crippen LogP contribution is -2.46. The minimum atomic E-state index is -0.805. The molecule has 6 nitrogen and oxygen atoms in total. The molecular weight excluding hydrogens is 647 g/mol. The number of nitrogens with one attached hydrogen (secondary N) is 1. The quantitative estimate of drug-likeness (QED) is 0.0256. The van der Waals surface area contributed by atoms with Gasteiger partial charge in [-0.15, -0.1) is 0 Å². The number of allylic oxidation sites excluding steroid dienone is 10. The van der Waals surface area contributed by atoms with Gasteiger partial charge in [0.05, 0.1) is 25.2 Å². The first-order valence-corrected chi connectivity index (χ1v) is 21.6. The predicted octanol–water partition coefficient (Wildman–Crippen LogP) is 12.1. The summed E-state index contributed by atoms with van der Waals surface area (Å²) in [7, 11) is 0. The highest BCUT2D eigenvalue weighted by atomic mass is 16.5. The van der Waals surface area contributed by atoms with Crippen LogP contribution in [0.4, 0.5) is 0 Å². The van der Waals surface area contributed by atoms with Gasteiger partial charge in [0.25, 0.3) is 0 Å². The summed E-state index contributed by atoms with van der Waals surface area (Å²) in [4.78, 5) is 25.8. The number of aliphatic hydroxyl groups is 2. The van der Waals surface area contributed by atoms with Crippen LogP contribution in [0.5, 0.6) is 0 Å². The molecule has 0 aromatic rings. The Hall–Kier alpha value is -2.44. The Kier molecular flexibility index (Phi) is 37.9. The van der Waals surface area contributed by atoms with Gasteiger partial charge in [-0.3, -0.25) is 9.59 Å². The van der Waals surface area contributed by atoms with Crippen LogP contribution < -0.4 is 5.32 Å². The van der Waals surface area contributed by atoms with Gasteiger partial charge in [-0.2, -0.15) is 0 Å². The molecule has 0 fully saturated rings. The van der Waals surface area contributed by atoms with Crippen molar-refractivity contribution in [2.24, 2.45) is 0 Å². The molecule has 0 aromatic carbocycles. The molecule has 0 rings (SSSR count). The van der Waals surface area contributed by atoms with E-state index in [0.717, 1.165) is 70.6 Å². The van der Waals surface area contributed by atoms with Crippen LogP contribution in [0, 0.1) is 0 Å². The van der Waals surface area contributed by atoms with Crippen molar-refractivity contribution >= 4 is 11.9 Å². The van der Waals surface area contributed by atoms with E-state index in [4.69, 9.17) is 4.74 Å². The van der Waals surface area contributed by atoms with Gasteiger partial charge >= 0.3 is 5.97 Å². The van der Waals surface area contributed by atoms with Gasteiger partial charge < -0.3 is 20.3 Å². The van der Waals surface area contributed by atoms with E-state index in [-0.39, 0.29) is 24.9 Å². The second kappa shape index (κ2) is 39.8. The zero-order valence-electron chi connectivity index (χ0n) is 33.9. The van der Waals surface area contributed by atoms with E-state index in [2.05, 4.69) is 50.4 Å². The van der Waals surface area contributed by atoms with Crippen molar-refractivity contribution in [3.63, 3.8) is 0 Å². The largest absolute Gasteiger partial charge is 0.462 e. The van der Waals surface area contributed by atoms with Crippen molar-refractivity contribution in [3.8, 4) is 0 Å².